The number of nitrogens with zero attached hydrogens (tertiary/aromatic N) is 3. The molecule has 1 fully saturated rings. The number of carbonyl (C=O) groups excluding carboxylic acids is 1. The van der Waals surface area contributed by atoms with Crippen LogP contribution < -0.4 is 4.90 Å². The number of anilines is 1. The van der Waals surface area contributed by atoms with Gasteiger partial charge in [-0.25, -0.2) is 4.98 Å². The van der Waals surface area contributed by atoms with Crippen molar-refractivity contribution >= 4 is 39.4 Å². The topological polar surface area (TPSA) is 36.4 Å². The number of pyridine rings is 1. The number of carbonyl (C=O) groups is 1. The molecule has 126 valence electrons. The zero-order valence-electron chi connectivity index (χ0n) is 13.6. The molecule has 1 aromatic carbocycles. The van der Waals surface area contributed by atoms with Crippen LogP contribution in [0, 0.1) is 0 Å². The van der Waals surface area contributed by atoms with E-state index in [1.807, 2.05) is 60.5 Å². The van der Waals surface area contributed by atoms with E-state index >= 15 is 0 Å². The molecular formula is C18H20BrN3OS. The molecule has 2 heterocycles. The molecule has 1 aliphatic heterocycles. The smallest absolute Gasteiger partial charge is 0.235 e. The Labute approximate surface area is 155 Å². The van der Waals surface area contributed by atoms with E-state index in [0.717, 1.165) is 41.4 Å². The van der Waals surface area contributed by atoms with Gasteiger partial charge in [0.25, 0.3) is 0 Å². The molecule has 3 rings (SSSR count). The molecule has 1 aromatic heterocycles. The monoisotopic (exact) mass is 405 g/mol. The van der Waals surface area contributed by atoms with Crippen molar-refractivity contribution in [1.29, 1.82) is 0 Å². The molecule has 0 bridgehead atoms. The van der Waals surface area contributed by atoms with Gasteiger partial charge in [-0.05, 0) is 47.1 Å². The Morgan fingerprint density at radius 2 is 1.83 bits per heavy atom. The van der Waals surface area contributed by atoms with Gasteiger partial charge in [0.15, 0.2) is 0 Å². The highest BCUT2D eigenvalue weighted by Crippen LogP contribution is 2.25. The second kappa shape index (κ2) is 8.03. The van der Waals surface area contributed by atoms with Gasteiger partial charge in [0, 0.05) is 41.7 Å². The molecule has 0 saturated carbocycles. The summed E-state index contributed by atoms with van der Waals surface area (Å²) in [6, 6.07) is 14.1. The third-order valence-corrected chi connectivity index (χ3v) is 5.60. The van der Waals surface area contributed by atoms with Gasteiger partial charge in [0.1, 0.15) is 5.82 Å². The highest BCUT2D eigenvalue weighted by Gasteiger charge is 2.25. The first-order valence-electron chi connectivity index (χ1n) is 8.00. The van der Waals surface area contributed by atoms with E-state index < -0.39 is 0 Å². The highest BCUT2D eigenvalue weighted by atomic mass is 79.9. The zero-order chi connectivity index (χ0) is 16.9. The van der Waals surface area contributed by atoms with Gasteiger partial charge in [-0.15, -0.1) is 11.8 Å². The molecule has 1 atom stereocenters. The summed E-state index contributed by atoms with van der Waals surface area (Å²) in [7, 11) is 0. The molecule has 0 aliphatic carbocycles. The maximum Gasteiger partial charge on any atom is 0.235 e. The summed E-state index contributed by atoms with van der Waals surface area (Å²) in [6.45, 7) is 5.13. The summed E-state index contributed by atoms with van der Waals surface area (Å²) in [5, 5.41) is -0.0650. The minimum atomic E-state index is -0.0650. The second-order valence-corrected chi connectivity index (χ2v) is 8.05. The maximum atomic E-state index is 12.7. The number of halogens is 1. The van der Waals surface area contributed by atoms with E-state index in [0.29, 0.717) is 0 Å². The van der Waals surface area contributed by atoms with Crippen molar-refractivity contribution in [3.8, 4) is 0 Å². The largest absolute Gasteiger partial charge is 0.353 e. The molecule has 4 nitrogen and oxygen atoms in total. The van der Waals surface area contributed by atoms with Gasteiger partial charge in [0.2, 0.25) is 5.91 Å². The van der Waals surface area contributed by atoms with Crippen molar-refractivity contribution in [3.63, 3.8) is 0 Å². The van der Waals surface area contributed by atoms with E-state index in [1.165, 1.54) is 0 Å². The molecule has 0 radical (unpaired) electrons. The lowest BCUT2D eigenvalue weighted by molar-refractivity contribution is -0.130. The first kappa shape index (κ1) is 17.3. The molecule has 0 N–H and O–H groups in total. The first-order valence-corrected chi connectivity index (χ1v) is 9.68. The Morgan fingerprint density at radius 3 is 2.46 bits per heavy atom. The van der Waals surface area contributed by atoms with Gasteiger partial charge >= 0.3 is 0 Å². The number of thioether (sulfide) groups is 1. The van der Waals surface area contributed by atoms with Crippen LogP contribution in [0.2, 0.25) is 0 Å². The van der Waals surface area contributed by atoms with Crippen LogP contribution in [0.1, 0.15) is 6.92 Å². The van der Waals surface area contributed by atoms with Gasteiger partial charge in [-0.3, -0.25) is 4.79 Å². The minimum absolute atomic E-state index is 0.0650. The predicted octanol–water partition coefficient (Wildman–Crippen LogP) is 3.67. The van der Waals surface area contributed by atoms with Crippen LogP contribution in [0.5, 0.6) is 0 Å². The van der Waals surface area contributed by atoms with E-state index in [-0.39, 0.29) is 11.2 Å². The maximum absolute atomic E-state index is 12.7. The second-order valence-electron chi connectivity index (χ2n) is 5.72. The van der Waals surface area contributed by atoms with E-state index in [4.69, 9.17) is 0 Å². The summed E-state index contributed by atoms with van der Waals surface area (Å²) >= 11 is 5.03. The molecule has 1 amide bonds. The lowest BCUT2D eigenvalue weighted by Gasteiger charge is -2.36. The Morgan fingerprint density at radius 1 is 1.12 bits per heavy atom. The molecule has 1 saturated heterocycles. The van der Waals surface area contributed by atoms with Crippen LogP contribution in [0.25, 0.3) is 0 Å². The number of hydrogen-bond acceptors (Lipinski definition) is 4. The third kappa shape index (κ3) is 4.30. The van der Waals surface area contributed by atoms with E-state index in [2.05, 4.69) is 25.8 Å². The Hall–Kier alpha value is -1.53. The van der Waals surface area contributed by atoms with Gasteiger partial charge in [-0.2, -0.15) is 0 Å². The molecule has 24 heavy (non-hydrogen) atoms. The van der Waals surface area contributed by atoms with Crippen molar-refractivity contribution in [3.05, 3.63) is 53.1 Å². The van der Waals surface area contributed by atoms with E-state index in [1.54, 1.807) is 11.8 Å². The Kier molecular flexibility index (Phi) is 5.79. The molecule has 6 heteroatoms. The van der Waals surface area contributed by atoms with Gasteiger partial charge in [-0.1, -0.05) is 18.2 Å². The zero-order valence-corrected chi connectivity index (χ0v) is 16.0. The van der Waals surface area contributed by atoms with Gasteiger partial charge < -0.3 is 9.80 Å². The Balaban J connectivity index is 1.54. The van der Waals surface area contributed by atoms with Crippen LogP contribution >= 0.6 is 27.7 Å². The fourth-order valence-corrected chi connectivity index (χ4v) is 3.93. The number of hydrogen-bond donors (Lipinski definition) is 0. The summed E-state index contributed by atoms with van der Waals surface area (Å²) in [5.41, 5.74) is 0. The predicted molar refractivity (Wildman–Crippen MR) is 102 cm³/mol. The number of rotatable bonds is 4. The summed E-state index contributed by atoms with van der Waals surface area (Å²) in [4.78, 5) is 22.4. The fraction of sp³-hybridized carbons (Fsp3) is 0.333. The number of aromatic nitrogens is 1. The highest BCUT2D eigenvalue weighted by molar-refractivity contribution is 9.10. The van der Waals surface area contributed by atoms with Crippen molar-refractivity contribution in [2.24, 2.45) is 0 Å². The Bertz CT molecular complexity index is 672. The van der Waals surface area contributed by atoms with Crippen LogP contribution in [0.4, 0.5) is 5.82 Å². The quantitative estimate of drug-likeness (QED) is 0.726. The van der Waals surface area contributed by atoms with Crippen molar-refractivity contribution in [2.75, 3.05) is 31.1 Å². The average molecular weight is 406 g/mol. The van der Waals surface area contributed by atoms with Gasteiger partial charge in [0.05, 0.1) is 5.25 Å². The average Bonchev–Trinajstić information content (AvgIpc) is 2.63. The molecular weight excluding hydrogens is 386 g/mol. The molecule has 1 aliphatic rings. The van der Waals surface area contributed by atoms with E-state index in [9.17, 15) is 4.79 Å². The standard InChI is InChI=1S/C18H20BrN3OS/c1-14(24-16-5-3-2-4-6-16)18(23)22-11-9-21(10-12-22)17-8-7-15(19)13-20-17/h2-8,13-14H,9-12H2,1H3. The van der Waals surface area contributed by atoms with Crippen molar-refractivity contribution in [2.45, 2.75) is 17.1 Å². The van der Waals surface area contributed by atoms with Crippen molar-refractivity contribution < 1.29 is 4.79 Å². The SMILES string of the molecule is CC(Sc1ccccc1)C(=O)N1CCN(c2ccc(Br)cn2)CC1. The summed E-state index contributed by atoms with van der Waals surface area (Å²) < 4.78 is 0.979. The first-order chi connectivity index (χ1) is 11.6. The van der Waals surface area contributed by atoms with Crippen LogP contribution in [0.3, 0.4) is 0 Å². The lowest BCUT2D eigenvalue weighted by atomic mass is 10.2. The minimum Gasteiger partial charge on any atom is -0.353 e. The molecule has 0 spiro atoms. The molecule has 2 aromatic rings. The number of amides is 1. The lowest BCUT2D eigenvalue weighted by Crippen LogP contribution is -2.50. The van der Waals surface area contributed by atoms with Crippen molar-refractivity contribution in [1.82, 2.24) is 9.88 Å². The summed E-state index contributed by atoms with van der Waals surface area (Å²) in [6.07, 6.45) is 1.81. The van der Waals surface area contributed by atoms with Crippen LogP contribution in [-0.4, -0.2) is 47.2 Å². The number of piperazine rings is 1. The van der Waals surface area contributed by atoms with Crippen LogP contribution in [-0.2, 0) is 4.79 Å². The normalized spacial score (nSPS) is 16.1. The van der Waals surface area contributed by atoms with Crippen LogP contribution in [0.15, 0.2) is 58.0 Å². The summed E-state index contributed by atoms with van der Waals surface area (Å²) in [5.74, 6) is 1.18. The third-order valence-electron chi connectivity index (χ3n) is 4.03. The molecule has 1 unspecified atom stereocenters. The fourth-order valence-electron chi connectivity index (χ4n) is 2.72. The number of benzene rings is 1.